The maximum Gasteiger partial charge on any atom is 0.255 e. The lowest BCUT2D eigenvalue weighted by Gasteiger charge is -2.29. The highest BCUT2D eigenvalue weighted by molar-refractivity contribution is 6.05. The SMILES string of the molecule is N[C@@H]1CC[C@@H](c2ccc(NCc3ccc4c(c3)C(=O)N(C3CCC(=O)NC3=O)C4)cc2)C1. The zero-order valence-corrected chi connectivity index (χ0v) is 18.0. The second-order valence-corrected chi connectivity index (χ2v) is 9.14. The van der Waals surface area contributed by atoms with Crippen molar-refractivity contribution >= 4 is 23.4 Å². The summed E-state index contributed by atoms with van der Waals surface area (Å²) in [5, 5.41) is 5.77. The molecule has 1 saturated heterocycles. The molecule has 2 heterocycles. The number of nitrogens with zero attached hydrogens (tertiary/aromatic N) is 1. The zero-order valence-electron chi connectivity index (χ0n) is 18.0. The van der Waals surface area contributed by atoms with Gasteiger partial charge in [-0.1, -0.05) is 24.3 Å². The van der Waals surface area contributed by atoms with Crippen LogP contribution in [-0.2, 0) is 22.7 Å². The normalized spacial score (nSPS) is 25.1. The van der Waals surface area contributed by atoms with Crippen molar-refractivity contribution in [2.45, 2.75) is 63.2 Å². The van der Waals surface area contributed by atoms with Gasteiger partial charge in [-0.15, -0.1) is 0 Å². The highest BCUT2D eigenvalue weighted by atomic mass is 16.2. The van der Waals surface area contributed by atoms with Crippen LogP contribution in [0.2, 0.25) is 0 Å². The van der Waals surface area contributed by atoms with Crippen molar-refractivity contribution in [2.75, 3.05) is 5.32 Å². The molecule has 0 aromatic heterocycles. The molecule has 2 aromatic carbocycles. The summed E-state index contributed by atoms with van der Waals surface area (Å²) < 4.78 is 0. The van der Waals surface area contributed by atoms with Gasteiger partial charge in [0.05, 0.1) is 0 Å². The predicted octanol–water partition coefficient (Wildman–Crippen LogP) is 2.65. The van der Waals surface area contributed by atoms with Gasteiger partial charge in [0.1, 0.15) is 6.04 Å². The smallest absolute Gasteiger partial charge is 0.255 e. The first kappa shape index (κ1) is 20.7. The number of anilines is 1. The van der Waals surface area contributed by atoms with Crippen molar-refractivity contribution < 1.29 is 14.4 Å². The highest BCUT2D eigenvalue weighted by Gasteiger charge is 2.39. The minimum absolute atomic E-state index is 0.143. The molecule has 7 nitrogen and oxygen atoms in total. The van der Waals surface area contributed by atoms with Crippen molar-refractivity contribution in [3.05, 3.63) is 64.7 Å². The number of hydrogen-bond acceptors (Lipinski definition) is 5. The number of piperidine rings is 1. The summed E-state index contributed by atoms with van der Waals surface area (Å²) in [7, 11) is 0. The standard InChI is InChI=1S/C25H28N4O3/c26-19-6-3-17(12-19)16-4-7-20(8-5-16)27-13-15-1-2-18-14-29(25(32)21(18)11-15)22-9-10-23(30)28-24(22)31/h1-2,4-5,7-8,11,17,19,22,27H,3,6,9-10,12-14,26H2,(H,28,30,31)/t17-,19-,22?/m1/s1. The number of rotatable bonds is 5. The summed E-state index contributed by atoms with van der Waals surface area (Å²) in [5.41, 5.74) is 11.0. The average molecular weight is 433 g/mol. The van der Waals surface area contributed by atoms with E-state index < -0.39 is 6.04 Å². The number of benzene rings is 2. The van der Waals surface area contributed by atoms with Crippen LogP contribution in [0.5, 0.6) is 0 Å². The minimum atomic E-state index is -0.581. The van der Waals surface area contributed by atoms with Crippen LogP contribution in [0.25, 0.3) is 0 Å². The van der Waals surface area contributed by atoms with Gasteiger partial charge in [-0.2, -0.15) is 0 Å². The van der Waals surface area contributed by atoms with E-state index in [0.717, 1.165) is 36.1 Å². The van der Waals surface area contributed by atoms with Crippen LogP contribution >= 0.6 is 0 Å². The van der Waals surface area contributed by atoms with E-state index in [0.29, 0.717) is 37.0 Å². The summed E-state index contributed by atoms with van der Waals surface area (Å²) in [5.74, 6) is -0.236. The Bertz CT molecular complexity index is 1070. The van der Waals surface area contributed by atoms with Crippen LogP contribution in [0.3, 0.4) is 0 Å². The van der Waals surface area contributed by atoms with Gasteiger partial charge >= 0.3 is 0 Å². The lowest BCUT2D eigenvalue weighted by Crippen LogP contribution is -2.52. The number of nitrogens with one attached hydrogen (secondary N) is 2. The molecule has 0 radical (unpaired) electrons. The number of nitrogens with two attached hydrogens (primary N) is 1. The van der Waals surface area contributed by atoms with Crippen molar-refractivity contribution in [1.82, 2.24) is 10.2 Å². The predicted molar refractivity (Wildman–Crippen MR) is 121 cm³/mol. The van der Waals surface area contributed by atoms with Crippen molar-refractivity contribution in [3.8, 4) is 0 Å². The summed E-state index contributed by atoms with van der Waals surface area (Å²) in [6.07, 6.45) is 3.96. The van der Waals surface area contributed by atoms with Gasteiger partial charge in [-0.3, -0.25) is 19.7 Å². The van der Waals surface area contributed by atoms with Gasteiger partial charge in [-0.25, -0.2) is 0 Å². The molecule has 1 aliphatic carbocycles. The van der Waals surface area contributed by atoms with Crippen molar-refractivity contribution in [1.29, 1.82) is 0 Å². The third kappa shape index (κ3) is 4.00. The van der Waals surface area contributed by atoms with E-state index in [1.165, 1.54) is 5.56 Å². The Morgan fingerprint density at radius 3 is 2.56 bits per heavy atom. The van der Waals surface area contributed by atoms with Crippen molar-refractivity contribution in [3.63, 3.8) is 0 Å². The van der Waals surface area contributed by atoms with Crippen LogP contribution < -0.4 is 16.4 Å². The second-order valence-electron chi connectivity index (χ2n) is 9.14. The molecule has 7 heteroatoms. The maximum absolute atomic E-state index is 13.0. The molecule has 0 spiro atoms. The van der Waals surface area contributed by atoms with Crippen LogP contribution in [0, 0.1) is 0 Å². The molecular weight excluding hydrogens is 404 g/mol. The molecule has 3 atom stereocenters. The first-order chi connectivity index (χ1) is 15.5. The van der Waals surface area contributed by atoms with Gasteiger partial charge in [0, 0.05) is 36.8 Å². The third-order valence-corrected chi connectivity index (χ3v) is 6.94. The highest BCUT2D eigenvalue weighted by Crippen LogP contribution is 2.34. The van der Waals surface area contributed by atoms with Crippen LogP contribution in [0.4, 0.5) is 5.69 Å². The van der Waals surface area contributed by atoms with E-state index in [2.05, 4.69) is 34.9 Å². The molecule has 0 bridgehead atoms. The molecule has 1 unspecified atom stereocenters. The maximum atomic E-state index is 13.0. The second kappa shape index (κ2) is 8.39. The number of hydrogen-bond donors (Lipinski definition) is 3. The lowest BCUT2D eigenvalue weighted by atomic mass is 9.97. The van der Waals surface area contributed by atoms with Crippen LogP contribution in [0.15, 0.2) is 42.5 Å². The molecular formula is C25H28N4O3. The molecule has 3 aliphatic rings. The van der Waals surface area contributed by atoms with E-state index in [1.54, 1.807) is 4.90 Å². The minimum Gasteiger partial charge on any atom is -0.381 e. The Hall–Kier alpha value is -3.19. The molecule has 4 N–H and O–H groups in total. The molecule has 2 aromatic rings. The Morgan fingerprint density at radius 1 is 1.03 bits per heavy atom. The molecule has 3 amide bonds. The van der Waals surface area contributed by atoms with Crippen LogP contribution in [-0.4, -0.2) is 34.7 Å². The monoisotopic (exact) mass is 432 g/mol. The molecule has 166 valence electrons. The molecule has 5 rings (SSSR count). The molecule has 1 saturated carbocycles. The van der Waals surface area contributed by atoms with E-state index in [9.17, 15) is 14.4 Å². The number of imide groups is 1. The summed E-state index contributed by atoms with van der Waals surface area (Å²) >= 11 is 0. The van der Waals surface area contributed by atoms with E-state index >= 15 is 0 Å². The zero-order chi connectivity index (χ0) is 22.2. The Labute approximate surface area is 187 Å². The Balaban J connectivity index is 1.22. The fourth-order valence-corrected chi connectivity index (χ4v) is 5.11. The quantitative estimate of drug-likeness (QED) is 0.630. The van der Waals surface area contributed by atoms with Gasteiger partial charge < -0.3 is 16.0 Å². The van der Waals surface area contributed by atoms with E-state index in [1.807, 2.05) is 18.2 Å². The first-order valence-corrected chi connectivity index (χ1v) is 11.3. The van der Waals surface area contributed by atoms with Gasteiger partial charge in [0.2, 0.25) is 11.8 Å². The number of fused-ring (bicyclic) bond motifs is 1. The largest absolute Gasteiger partial charge is 0.381 e. The number of amides is 3. The van der Waals surface area contributed by atoms with Gasteiger partial charge in [0.15, 0.2) is 0 Å². The summed E-state index contributed by atoms with van der Waals surface area (Å²) in [6, 6.07) is 14.2. The summed E-state index contributed by atoms with van der Waals surface area (Å²) in [6.45, 7) is 1.01. The van der Waals surface area contributed by atoms with Crippen LogP contribution in [0.1, 0.15) is 65.1 Å². The fraction of sp³-hybridized carbons (Fsp3) is 0.400. The van der Waals surface area contributed by atoms with E-state index in [-0.39, 0.29) is 24.1 Å². The third-order valence-electron chi connectivity index (χ3n) is 6.94. The van der Waals surface area contributed by atoms with Gasteiger partial charge in [0.25, 0.3) is 5.91 Å². The fourth-order valence-electron chi connectivity index (χ4n) is 5.11. The average Bonchev–Trinajstić information content (AvgIpc) is 3.36. The van der Waals surface area contributed by atoms with Crippen molar-refractivity contribution in [2.24, 2.45) is 5.73 Å². The van der Waals surface area contributed by atoms with Gasteiger partial charge in [-0.05, 0) is 66.5 Å². The molecule has 2 fully saturated rings. The molecule has 2 aliphatic heterocycles. The van der Waals surface area contributed by atoms with E-state index in [4.69, 9.17) is 5.73 Å². The first-order valence-electron chi connectivity index (χ1n) is 11.3. The number of carbonyl (C=O) groups excluding carboxylic acids is 3. The number of carbonyl (C=O) groups is 3. The Morgan fingerprint density at radius 2 is 1.84 bits per heavy atom. The lowest BCUT2D eigenvalue weighted by molar-refractivity contribution is -0.136. The summed E-state index contributed by atoms with van der Waals surface area (Å²) in [4.78, 5) is 38.2. The topological polar surface area (TPSA) is 105 Å². The molecule has 32 heavy (non-hydrogen) atoms. The Kier molecular flexibility index (Phi) is 5.43.